The molecule has 0 radical (unpaired) electrons. The normalized spacial score (nSPS) is 11.6. The van der Waals surface area contributed by atoms with Crippen molar-refractivity contribution in [2.45, 2.75) is 103 Å². The molecule has 2 aromatic rings. The molecule has 1 aromatic carbocycles. The fourth-order valence-corrected chi connectivity index (χ4v) is 3.93. The van der Waals surface area contributed by atoms with Crippen LogP contribution in [0.4, 0.5) is 0 Å². The van der Waals surface area contributed by atoms with Crippen molar-refractivity contribution < 1.29 is 0 Å². The molecule has 1 aromatic heterocycles. The minimum absolute atomic E-state index is 1.16. The quantitative estimate of drug-likeness (QED) is 0.210. The molecule has 0 N–H and O–H groups in total. The van der Waals surface area contributed by atoms with Gasteiger partial charge in [-0.15, -0.1) is 0 Å². The summed E-state index contributed by atoms with van der Waals surface area (Å²) >= 11 is 0. The van der Waals surface area contributed by atoms with Crippen molar-refractivity contribution in [3.63, 3.8) is 0 Å². The van der Waals surface area contributed by atoms with Crippen LogP contribution in [0.1, 0.15) is 102 Å². The fourth-order valence-electron chi connectivity index (χ4n) is 3.93. The highest BCUT2D eigenvalue weighted by Crippen LogP contribution is 2.18. The second-order valence-corrected chi connectivity index (χ2v) is 8.18. The summed E-state index contributed by atoms with van der Waals surface area (Å²) in [6.45, 7) is 2.28. The summed E-state index contributed by atoms with van der Waals surface area (Å²) in [5.74, 6) is 0. The number of rotatable bonds is 16. The predicted octanol–water partition coefficient (Wildman–Crippen LogP) is 8.81. The van der Waals surface area contributed by atoms with E-state index in [0.29, 0.717) is 0 Å². The third-order valence-corrected chi connectivity index (χ3v) is 5.67. The van der Waals surface area contributed by atoms with Gasteiger partial charge in [0.2, 0.25) is 0 Å². The molecule has 0 unspecified atom stereocenters. The molecule has 28 heavy (non-hydrogen) atoms. The molecule has 0 aliphatic carbocycles. The highest BCUT2D eigenvalue weighted by molar-refractivity contribution is 5.81. The maximum absolute atomic E-state index is 4.57. The molecule has 1 heterocycles. The molecule has 0 aliphatic heterocycles. The van der Waals surface area contributed by atoms with Crippen molar-refractivity contribution in [2.24, 2.45) is 0 Å². The first-order valence-electron chi connectivity index (χ1n) is 11.9. The van der Waals surface area contributed by atoms with E-state index in [-0.39, 0.29) is 0 Å². The Kier molecular flexibility index (Phi) is 12.4. The first kappa shape index (κ1) is 22.7. The molecule has 0 atom stereocenters. The zero-order valence-corrected chi connectivity index (χ0v) is 18.2. The molecule has 0 saturated heterocycles. The van der Waals surface area contributed by atoms with Crippen LogP contribution in [-0.4, -0.2) is 4.98 Å². The van der Waals surface area contributed by atoms with Gasteiger partial charge in [0, 0.05) is 11.6 Å². The Bertz CT molecular complexity index is 653. The monoisotopic (exact) mass is 379 g/mol. The number of para-hydroxylation sites is 1. The zero-order chi connectivity index (χ0) is 19.7. The molecule has 1 heteroatoms. The highest BCUT2D eigenvalue weighted by atomic mass is 14.6. The smallest absolute Gasteiger partial charge is 0.0733 e. The maximum Gasteiger partial charge on any atom is 0.0733 e. The summed E-state index contributed by atoms with van der Waals surface area (Å²) < 4.78 is 0. The van der Waals surface area contributed by atoms with Crippen LogP contribution in [0.2, 0.25) is 0 Å². The minimum Gasteiger partial charge on any atom is -0.256 e. The summed E-state index contributed by atoms with van der Waals surface area (Å²) in [6, 6.07) is 10.8. The van der Waals surface area contributed by atoms with E-state index in [1.807, 2.05) is 12.3 Å². The maximum atomic E-state index is 4.57. The van der Waals surface area contributed by atoms with Gasteiger partial charge < -0.3 is 0 Å². The Labute approximate surface area is 173 Å². The number of aryl methyl sites for hydroxylation is 1. The van der Waals surface area contributed by atoms with Crippen molar-refractivity contribution in [3.8, 4) is 0 Å². The van der Waals surface area contributed by atoms with E-state index >= 15 is 0 Å². The second kappa shape index (κ2) is 15.3. The molecule has 2 rings (SSSR count). The van der Waals surface area contributed by atoms with E-state index in [2.05, 4.69) is 48.3 Å². The Balaban J connectivity index is 1.41. The number of allylic oxidation sites excluding steroid dienone is 2. The van der Waals surface area contributed by atoms with Gasteiger partial charge in [-0.1, -0.05) is 101 Å². The average Bonchev–Trinajstić information content (AvgIpc) is 2.73. The van der Waals surface area contributed by atoms with E-state index in [9.17, 15) is 0 Å². The van der Waals surface area contributed by atoms with Gasteiger partial charge in [0.15, 0.2) is 0 Å². The second-order valence-electron chi connectivity index (χ2n) is 8.18. The van der Waals surface area contributed by atoms with Gasteiger partial charge in [-0.05, 0) is 50.2 Å². The average molecular weight is 380 g/mol. The summed E-state index contributed by atoms with van der Waals surface area (Å²) in [6.07, 6.45) is 27.0. The number of hydrogen-bond acceptors (Lipinski definition) is 1. The number of fused-ring (bicyclic) bond motifs is 1. The van der Waals surface area contributed by atoms with E-state index in [4.69, 9.17) is 0 Å². The van der Waals surface area contributed by atoms with Gasteiger partial charge in [0.1, 0.15) is 0 Å². The molecule has 1 nitrogen and oxygen atoms in total. The van der Waals surface area contributed by atoms with Crippen LogP contribution in [0.5, 0.6) is 0 Å². The lowest BCUT2D eigenvalue weighted by atomic mass is 10.0. The van der Waals surface area contributed by atoms with Crippen molar-refractivity contribution in [1.82, 2.24) is 4.98 Å². The van der Waals surface area contributed by atoms with Crippen molar-refractivity contribution in [3.05, 3.63) is 54.2 Å². The molecule has 0 saturated carbocycles. The molecular weight excluding hydrogens is 338 g/mol. The first-order valence-corrected chi connectivity index (χ1v) is 11.9. The topological polar surface area (TPSA) is 12.9 Å². The van der Waals surface area contributed by atoms with Gasteiger partial charge in [-0.25, -0.2) is 0 Å². The van der Waals surface area contributed by atoms with Gasteiger partial charge in [0.05, 0.1) is 5.52 Å². The number of nitrogens with zero attached hydrogens (tertiary/aromatic N) is 1. The SMILES string of the molecule is CCCCCCCC/C=C\CCCCCCCCc1cccc2cccnc12. The van der Waals surface area contributed by atoms with E-state index in [1.165, 1.54) is 106 Å². The van der Waals surface area contributed by atoms with Crippen LogP contribution in [0.3, 0.4) is 0 Å². The van der Waals surface area contributed by atoms with E-state index in [0.717, 1.165) is 6.42 Å². The van der Waals surface area contributed by atoms with Crippen molar-refractivity contribution in [2.75, 3.05) is 0 Å². The van der Waals surface area contributed by atoms with Crippen molar-refractivity contribution >= 4 is 10.9 Å². The predicted molar refractivity (Wildman–Crippen MR) is 125 cm³/mol. The molecule has 154 valence electrons. The molecule has 0 amide bonds. The minimum atomic E-state index is 1.16. The number of pyridine rings is 1. The van der Waals surface area contributed by atoms with Crippen LogP contribution in [0, 0.1) is 0 Å². The molecule has 0 fully saturated rings. The highest BCUT2D eigenvalue weighted by Gasteiger charge is 2.01. The standard InChI is InChI=1S/C27H41N/c1-2-3-4-5-6-7-8-9-10-11-12-13-14-15-16-17-20-25-21-18-22-26-23-19-24-28-27(25)26/h9-10,18-19,21-24H,2-8,11-17,20H2,1H3/b10-9-. The third-order valence-electron chi connectivity index (χ3n) is 5.67. The van der Waals surface area contributed by atoms with E-state index < -0.39 is 0 Å². The number of aromatic nitrogens is 1. The fraction of sp³-hybridized carbons (Fsp3) is 0.593. The van der Waals surface area contributed by atoms with Crippen LogP contribution >= 0.6 is 0 Å². The van der Waals surface area contributed by atoms with Crippen LogP contribution < -0.4 is 0 Å². The Morgan fingerprint density at radius 1 is 0.679 bits per heavy atom. The summed E-state index contributed by atoms with van der Waals surface area (Å²) in [4.78, 5) is 4.57. The largest absolute Gasteiger partial charge is 0.256 e. The van der Waals surface area contributed by atoms with Crippen LogP contribution in [0.25, 0.3) is 10.9 Å². The number of hydrogen-bond donors (Lipinski definition) is 0. The third kappa shape index (κ3) is 9.53. The van der Waals surface area contributed by atoms with Crippen LogP contribution in [-0.2, 0) is 6.42 Å². The molecular formula is C27H41N. The van der Waals surface area contributed by atoms with Gasteiger partial charge >= 0.3 is 0 Å². The summed E-state index contributed by atoms with van der Waals surface area (Å²) in [7, 11) is 0. The summed E-state index contributed by atoms with van der Waals surface area (Å²) in [5.41, 5.74) is 2.60. The number of benzene rings is 1. The van der Waals surface area contributed by atoms with E-state index in [1.54, 1.807) is 0 Å². The summed E-state index contributed by atoms with van der Waals surface area (Å²) in [5, 5.41) is 1.27. The van der Waals surface area contributed by atoms with Crippen LogP contribution in [0.15, 0.2) is 48.7 Å². The molecule has 0 bridgehead atoms. The molecule has 0 spiro atoms. The number of unbranched alkanes of at least 4 members (excludes halogenated alkanes) is 12. The van der Waals surface area contributed by atoms with Gasteiger partial charge in [0.25, 0.3) is 0 Å². The first-order chi connectivity index (χ1) is 13.9. The Morgan fingerprint density at radius 2 is 1.29 bits per heavy atom. The lowest BCUT2D eigenvalue weighted by Crippen LogP contribution is -1.90. The van der Waals surface area contributed by atoms with Gasteiger partial charge in [-0.3, -0.25) is 4.98 Å². The Hall–Kier alpha value is -1.63. The Morgan fingerprint density at radius 3 is 2.00 bits per heavy atom. The molecule has 0 aliphatic rings. The van der Waals surface area contributed by atoms with Gasteiger partial charge in [-0.2, -0.15) is 0 Å². The lowest BCUT2D eigenvalue weighted by Gasteiger charge is -2.05. The van der Waals surface area contributed by atoms with Crippen molar-refractivity contribution in [1.29, 1.82) is 0 Å². The zero-order valence-electron chi connectivity index (χ0n) is 18.2. The lowest BCUT2D eigenvalue weighted by molar-refractivity contribution is 0.596.